The summed E-state index contributed by atoms with van der Waals surface area (Å²) in [5, 5.41) is 8.96. The van der Waals surface area contributed by atoms with Crippen LogP contribution in [0.4, 0.5) is 0 Å². The molecule has 1 aromatic rings. The van der Waals surface area contributed by atoms with E-state index in [0.717, 1.165) is 18.4 Å². The van der Waals surface area contributed by atoms with Crippen LogP contribution in [-0.4, -0.2) is 13.2 Å². The maximum absolute atomic E-state index is 8.96. The minimum atomic E-state index is 0.257. The molecule has 1 atom stereocenters. The van der Waals surface area contributed by atoms with Crippen molar-refractivity contribution in [1.29, 1.82) is 5.26 Å². The van der Waals surface area contributed by atoms with Gasteiger partial charge in [0.2, 0.25) is 0 Å². The van der Waals surface area contributed by atoms with Gasteiger partial charge in [-0.15, -0.1) is 0 Å². The average Bonchev–Trinajstić information content (AvgIpc) is 2.36. The molecule has 0 aliphatic carbocycles. The molecule has 0 aliphatic rings. The fourth-order valence-corrected chi connectivity index (χ4v) is 1.66. The summed E-state index contributed by atoms with van der Waals surface area (Å²) in [7, 11) is 1.57. The van der Waals surface area contributed by atoms with Gasteiger partial charge < -0.3 is 9.47 Å². The first-order valence-corrected chi connectivity index (χ1v) is 5.89. The Morgan fingerprint density at radius 2 is 2.18 bits per heavy atom. The predicted octanol–water partition coefficient (Wildman–Crippen LogP) is 3.27. The Morgan fingerprint density at radius 3 is 2.76 bits per heavy atom. The van der Waals surface area contributed by atoms with Crippen molar-refractivity contribution in [3.63, 3.8) is 0 Å². The van der Waals surface area contributed by atoms with Gasteiger partial charge in [0, 0.05) is 0 Å². The zero-order chi connectivity index (χ0) is 12.7. The maximum atomic E-state index is 8.96. The fourth-order valence-electron chi connectivity index (χ4n) is 1.66. The third kappa shape index (κ3) is 4.08. The summed E-state index contributed by atoms with van der Waals surface area (Å²) in [5.74, 6) is 0.609. The predicted molar refractivity (Wildman–Crippen MR) is 66.9 cm³/mol. The van der Waals surface area contributed by atoms with Crippen molar-refractivity contribution < 1.29 is 9.47 Å². The first-order valence-electron chi connectivity index (χ1n) is 5.89. The fraction of sp³-hybridized carbons (Fsp3) is 0.500. The summed E-state index contributed by atoms with van der Waals surface area (Å²) in [6, 6.07) is 7.67. The maximum Gasteiger partial charge on any atom is 0.136 e. The van der Waals surface area contributed by atoms with Gasteiger partial charge in [0.15, 0.2) is 0 Å². The smallest absolute Gasteiger partial charge is 0.136 e. The lowest BCUT2D eigenvalue weighted by molar-refractivity contribution is 0.0471. The molecule has 92 valence electrons. The average molecular weight is 233 g/mol. The van der Waals surface area contributed by atoms with E-state index in [1.165, 1.54) is 0 Å². The van der Waals surface area contributed by atoms with E-state index in [1.807, 2.05) is 18.2 Å². The van der Waals surface area contributed by atoms with E-state index in [1.54, 1.807) is 7.11 Å². The normalized spacial score (nSPS) is 11.9. The highest BCUT2D eigenvalue weighted by Crippen LogP contribution is 2.19. The Morgan fingerprint density at radius 1 is 1.41 bits per heavy atom. The highest BCUT2D eigenvalue weighted by Gasteiger charge is 2.05. The van der Waals surface area contributed by atoms with Crippen LogP contribution < -0.4 is 4.74 Å². The summed E-state index contributed by atoms with van der Waals surface area (Å²) in [4.78, 5) is 0. The van der Waals surface area contributed by atoms with Crippen LogP contribution in [0.25, 0.3) is 0 Å². The third-order valence-corrected chi connectivity index (χ3v) is 2.61. The Bertz CT molecular complexity index is 396. The van der Waals surface area contributed by atoms with E-state index < -0.39 is 0 Å². The summed E-state index contributed by atoms with van der Waals surface area (Å²) < 4.78 is 10.8. The van der Waals surface area contributed by atoms with Crippen molar-refractivity contribution in [2.75, 3.05) is 7.11 Å². The standard InChI is InChI=1S/C14H19NO2/c1-4-5-11(2)17-10-12-6-7-14(16-3)13(8-12)9-15/h6-8,11H,4-5,10H2,1-3H3. The molecule has 1 rings (SSSR count). The molecular weight excluding hydrogens is 214 g/mol. The van der Waals surface area contributed by atoms with Crippen LogP contribution >= 0.6 is 0 Å². The molecule has 0 spiro atoms. The molecule has 0 aromatic heterocycles. The minimum absolute atomic E-state index is 0.257. The molecular formula is C14H19NO2. The van der Waals surface area contributed by atoms with Crippen LogP contribution in [0, 0.1) is 11.3 Å². The summed E-state index contributed by atoms with van der Waals surface area (Å²) in [6.45, 7) is 4.75. The van der Waals surface area contributed by atoms with Crippen LogP contribution in [0.2, 0.25) is 0 Å². The third-order valence-electron chi connectivity index (χ3n) is 2.61. The van der Waals surface area contributed by atoms with Gasteiger partial charge in [0.05, 0.1) is 25.4 Å². The van der Waals surface area contributed by atoms with Gasteiger partial charge >= 0.3 is 0 Å². The SMILES string of the molecule is CCCC(C)OCc1ccc(OC)c(C#N)c1. The molecule has 17 heavy (non-hydrogen) atoms. The molecule has 0 radical (unpaired) electrons. The number of benzene rings is 1. The highest BCUT2D eigenvalue weighted by atomic mass is 16.5. The second-order valence-electron chi connectivity index (χ2n) is 4.06. The minimum Gasteiger partial charge on any atom is -0.495 e. The number of nitrogens with zero attached hydrogens (tertiary/aromatic N) is 1. The molecule has 0 bridgehead atoms. The number of methoxy groups -OCH3 is 1. The van der Waals surface area contributed by atoms with Gasteiger partial charge in [-0.1, -0.05) is 19.4 Å². The molecule has 3 nitrogen and oxygen atoms in total. The van der Waals surface area contributed by atoms with Crippen molar-refractivity contribution in [1.82, 2.24) is 0 Å². The van der Waals surface area contributed by atoms with Crippen molar-refractivity contribution >= 4 is 0 Å². The van der Waals surface area contributed by atoms with Gasteiger partial charge in [-0.3, -0.25) is 0 Å². The van der Waals surface area contributed by atoms with Gasteiger partial charge in [-0.2, -0.15) is 5.26 Å². The first-order chi connectivity index (χ1) is 8.21. The topological polar surface area (TPSA) is 42.2 Å². The molecule has 0 aliphatic heterocycles. The monoisotopic (exact) mass is 233 g/mol. The molecule has 0 heterocycles. The van der Waals surface area contributed by atoms with E-state index in [-0.39, 0.29) is 6.10 Å². The van der Waals surface area contributed by atoms with Crippen LogP contribution in [0.5, 0.6) is 5.75 Å². The Hall–Kier alpha value is -1.53. The van der Waals surface area contributed by atoms with Gasteiger partial charge in [-0.25, -0.2) is 0 Å². The van der Waals surface area contributed by atoms with Crippen LogP contribution in [-0.2, 0) is 11.3 Å². The Kier molecular flexibility index (Phi) is 5.51. The molecule has 0 N–H and O–H groups in total. The molecule has 0 saturated carbocycles. The second-order valence-corrected chi connectivity index (χ2v) is 4.06. The van der Waals surface area contributed by atoms with Gasteiger partial charge in [0.1, 0.15) is 11.8 Å². The lowest BCUT2D eigenvalue weighted by atomic mass is 10.1. The lowest BCUT2D eigenvalue weighted by Gasteiger charge is -2.12. The molecule has 0 fully saturated rings. The summed E-state index contributed by atoms with van der Waals surface area (Å²) in [6.07, 6.45) is 2.43. The number of hydrogen-bond acceptors (Lipinski definition) is 3. The molecule has 0 saturated heterocycles. The van der Waals surface area contributed by atoms with Crippen LogP contribution in [0.3, 0.4) is 0 Å². The summed E-state index contributed by atoms with van der Waals surface area (Å²) in [5.41, 5.74) is 1.56. The van der Waals surface area contributed by atoms with Gasteiger partial charge in [0.25, 0.3) is 0 Å². The van der Waals surface area contributed by atoms with Crippen molar-refractivity contribution in [2.24, 2.45) is 0 Å². The largest absolute Gasteiger partial charge is 0.495 e. The quantitative estimate of drug-likeness (QED) is 0.757. The molecule has 3 heteroatoms. The number of rotatable bonds is 6. The van der Waals surface area contributed by atoms with E-state index in [0.29, 0.717) is 17.9 Å². The second kappa shape index (κ2) is 6.93. The van der Waals surface area contributed by atoms with Crippen molar-refractivity contribution in [3.8, 4) is 11.8 Å². The molecule has 1 aromatic carbocycles. The molecule has 0 amide bonds. The summed E-state index contributed by atoms with van der Waals surface area (Å²) >= 11 is 0. The Labute approximate surface area is 103 Å². The Balaban J connectivity index is 2.64. The van der Waals surface area contributed by atoms with E-state index in [2.05, 4.69) is 19.9 Å². The number of ether oxygens (including phenoxy) is 2. The highest BCUT2D eigenvalue weighted by molar-refractivity contribution is 5.45. The number of nitriles is 1. The number of hydrogen-bond donors (Lipinski definition) is 0. The van der Waals surface area contributed by atoms with Crippen LogP contribution in [0.1, 0.15) is 37.8 Å². The van der Waals surface area contributed by atoms with Crippen molar-refractivity contribution in [3.05, 3.63) is 29.3 Å². The zero-order valence-corrected chi connectivity index (χ0v) is 10.7. The van der Waals surface area contributed by atoms with E-state index >= 15 is 0 Å². The molecule has 1 unspecified atom stereocenters. The zero-order valence-electron chi connectivity index (χ0n) is 10.7. The first kappa shape index (κ1) is 13.5. The van der Waals surface area contributed by atoms with Crippen LogP contribution in [0.15, 0.2) is 18.2 Å². The van der Waals surface area contributed by atoms with Gasteiger partial charge in [-0.05, 0) is 31.0 Å². The van der Waals surface area contributed by atoms with Crippen molar-refractivity contribution in [2.45, 2.75) is 39.4 Å². The lowest BCUT2D eigenvalue weighted by Crippen LogP contribution is -2.07. The van der Waals surface area contributed by atoms with E-state index in [9.17, 15) is 0 Å². The van der Waals surface area contributed by atoms with E-state index in [4.69, 9.17) is 14.7 Å².